The number of carbonyl (C=O) groups excluding carboxylic acids is 1. The van der Waals surface area contributed by atoms with E-state index in [-0.39, 0.29) is 10.8 Å². The number of anilines is 2. The summed E-state index contributed by atoms with van der Waals surface area (Å²) in [7, 11) is -3.60. The highest BCUT2D eigenvalue weighted by atomic mass is 32.2. The third-order valence-electron chi connectivity index (χ3n) is 4.99. The van der Waals surface area contributed by atoms with Crippen LogP contribution >= 0.6 is 11.3 Å². The summed E-state index contributed by atoms with van der Waals surface area (Å²) in [6, 6.07) is 6.96. The van der Waals surface area contributed by atoms with Gasteiger partial charge in [-0.3, -0.25) is 4.79 Å². The topological polar surface area (TPSA) is 69.7 Å². The van der Waals surface area contributed by atoms with Crippen molar-refractivity contribution in [1.29, 1.82) is 0 Å². The van der Waals surface area contributed by atoms with Gasteiger partial charge in [0.25, 0.3) is 0 Å². The number of nitrogens with one attached hydrogen (secondary N) is 1. The van der Waals surface area contributed by atoms with E-state index in [1.165, 1.54) is 10.4 Å². The molecule has 2 heterocycles. The molecule has 3 rings (SSSR count). The second-order valence-corrected chi connectivity index (χ2v) is 9.56. The molecule has 2 aromatic rings. The zero-order valence-electron chi connectivity index (χ0n) is 16.8. The first-order valence-electron chi connectivity index (χ1n) is 9.86. The summed E-state index contributed by atoms with van der Waals surface area (Å²) in [6.07, 6.45) is 5.40. The van der Waals surface area contributed by atoms with Gasteiger partial charge < -0.3 is 10.2 Å². The highest BCUT2D eigenvalue weighted by Crippen LogP contribution is 2.32. The number of rotatable bonds is 8. The Bertz CT molecular complexity index is 959. The van der Waals surface area contributed by atoms with Crippen LogP contribution in [-0.4, -0.2) is 44.8 Å². The maximum Gasteiger partial charge on any atom is 0.248 e. The maximum absolute atomic E-state index is 12.9. The van der Waals surface area contributed by atoms with E-state index in [0.717, 1.165) is 37.2 Å². The van der Waals surface area contributed by atoms with Gasteiger partial charge in [0, 0.05) is 32.3 Å². The second kappa shape index (κ2) is 9.56. The molecule has 0 atom stereocenters. The van der Waals surface area contributed by atoms with E-state index in [2.05, 4.69) is 10.2 Å². The molecule has 0 radical (unpaired) electrons. The second-order valence-electron chi connectivity index (χ2n) is 6.84. The van der Waals surface area contributed by atoms with Gasteiger partial charge in [0.05, 0.1) is 16.3 Å². The van der Waals surface area contributed by atoms with Crippen molar-refractivity contribution in [3.8, 4) is 0 Å². The van der Waals surface area contributed by atoms with Crippen LogP contribution in [0.2, 0.25) is 0 Å². The molecule has 1 saturated heterocycles. The molecule has 1 aliphatic heterocycles. The highest BCUT2D eigenvalue weighted by molar-refractivity contribution is 7.89. The Morgan fingerprint density at radius 1 is 1.21 bits per heavy atom. The summed E-state index contributed by atoms with van der Waals surface area (Å²) in [5, 5.41) is 6.79. The number of thiophene rings is 1. The Balaban J connectivity index is 1.92. The number of nitrogens with zero attached hydrogens (tertiary/aromatic N) is 2. The highest BCUT2D eigenvalue weighted by Gasteiger charge is 2.24. The van der Waals surface area contributed by atoms with Gasteiger partial charge in [-0.15, -0.1) is 0 Å². The van der Waals surface area contributed by atoms with E-state index in [0.29, 0.717) is 18.8 Å². The van der Waals surface area contributed by atoms with E-state index in [4.69, 9.17) is 0 Å². The predicted octanol–water partition coefficient (Wildman–Crippen LogP) is 4.03. The molecule has 1 fully saturated rings. The van der Waals surface area contributed by atoms with Gasteiger partial charge in [-0.2, -0.15) is 15.6 Å². The fourth-order valence-electron chi connectivity index (χ4n) is 3.44. The fraction of sp³-hybridized carbons (Fsp3) is 0.381. The van der Waals surface area contributed by atoms with Crippen LogP contribution in [0.5, 0.6) is 0 Å². The minimum Gasteiger partial charge on any atom is -0.370 e. The Labute approximate surface area is 176 Å². The Morgan fingerprint density at radius 2 is 1.93 bits per heavy atom. The molecule has 6 nitrogen and oxygen atoms in total. The maximum atomic E-state index is 12.9. The molecule has 29 heavy (non-hydrogen) atoms. The van der Waals surface area contributed by atoms with Crippen LogP contribution in [0.15, 0.2) is 46.0 Å². The fourth-order valence-corrected chi connectivity index (χ4v) is 5.55. The molecule has 0 saturated carbocycles. The summed E-state index contributed by atoms with van der Waals surface area (Å²) in [4.78, 5) is 14.9. The van der Waals surface area contributed by atoms with E-state index < -0.39 is 10.0 Å². The lowest BCUT2D eigenvalue weighted by atomic mass is 10.2. The van der Waals surface area contributed by atoms with Crippen molar-refractivity contribution in [1.82, 2.24) is 4.31 Å². The molecule has 1 aromatic heterocycles. The molecule has 0 spiro atoms. The van der Waals surface area contributed by atoms with Gasteiger partial charge in [0.15, 0.2) is 0 Å². The number of hydrogen-bond donors (Lipinski definition) is 1. The van der Waals surface area contributed by atoms with E-state index in [1.54, 1.807) is 35.6 Å². The van der Waals surface area contributed by atoms with Gasteiger partial charge in [-0.05, 0) is 59.5 Å². The van der Waals surface area contributed by atoms with Crippen molar-refractivity contribution in [2.75, 3.05) is 36.4 Å². The van der Waals surface area contributed by atoms with Crippen molar-refractivity contribution >= 4 is 44.7 Å². The zero-order chi connectivity index (χ0) is 20.9. The van der Waals surface area contributed by atoms with Crippen molar-refractivity contribution in [2.45, 2.75) is 31.6 Å². The van der Waals surface area contributed by atoms with Gasteiger partial charge in [0.2, 0.25) is 15.9 Å². The third-order valence-corrected chi connectivity index (χ3v) is 7.73. The number of sulfonamides is 1. The van der Waals surface area contributed by atoms with Gasteiger partial charge in [-0.1, -0.05) is 13.8 Å². The van der Waals surface area contributed by atoms with Gasteiger partial charge in [-0.25, -0.2) is 8.42 Å². The molecule has 1 N–H and O–H groups in total. The molecule has 1 aromatic carbocycles. The molecule has 1 aliphatic rings. The lowest BCUT2D eigenvalue weighted by molar-refractivity contribution is -0.111. The Morgan fingerprint density at radius 3 is 2.55 bits per heavy atom. The molecule has 0 bridgehead atoms. The largest absolute Gasteiger partial charge is 0.370 e. The van der Waals surface area contributed by atoms with Crippen LogP contribution in [0.1, 0.15) is 32.3 Å². The van der Waals surface area contributed by atoms with E-state index in [9.17, 15) is 13.2 Å². The van der Waals surface area contributed by atoms with Crippen molar-refractivity contribution in [2.24, 2.45) is 0 Å². The van der Waals surface area contributed by atoms with Crippen LogP contribution in [0.25, 0.3) is 6.08 Å². The molecular weight excluding hydrogens is 406 g/mol. The molecule has 0 unspecified atom stereocenters. The molecular formula is C21H27N3O3S2. The summed E-state index contributed by atoms with van der Waals surface area (Å²) in [5.74, 6) is -0.283. The molecule has 156 valence electrons. The van der Waals surface area contributed by atoms with Crippen molar-refractivity contribution < 1.29 is 13.2 Å². The Kier molecular flexibility index (Phi) is 7.10. The lowest BCUT2D eigenvalue weighted by Crippen LogP contribution is -2.31. The molecule has 8 heteroatoms. The van der Waals surface area contributed by atoms with Crippen molar-refractivity contribution in [3.05, 3.63) is 46.7 Å². The summed E-state index contributed by atoms with van der Waals surface area (Å²) in [5.41, 5.74) is 2.35. The van der Waals surface area contributed by atoms with Crippen LogP contribution in [0.3, 0.4) is 0 Å². The first kappa shape index (κ1) is 21.5. The number of carbonyl (C=O) groups is 1. The Hall–Kier alpha value is -2.16. The average molecular weight is 434 g/mol. The van der Waals surface area contributed by atoms with Crippen LogP contribution < -0.4 is 10.2 Å². The summed E-state index contributed by atoms with van der Waals surface area (Å²) >= 11 is 1.57. The molecule has 0 aliphatic carbocycles. The smallest absolute Gasteiger partial charge is 0.248 e. The van der Waals surface area contributed by atoms with Gasteiger partial charge in [0.1, 0.15) is 0 Å². The number of benzene rings is 1. The lowest BCUT2D eigenvalue weighted by Gasteiger charge is -2.24. The van der Waals surface area contributed by atoms with Crippen molar-refractivity contribution in [3.63, 3.8) is 0 Å². The van der Waals surface area contributed by atoms with E-state index in [1.807, 2.05) is 30.7 Å². The summed E-state index contributed by atoms with van der Waals surface area (Å²) in [6.45, 7) is 6.23. The summed E-state index contributed by atoms with van der Waals surface area (Å²) < 4.78 is 27.3. The predicted molar refractivity (Wildman–Crippen MR) is 120 cm³/mol. The number of amides is 1. The van der Waals surface area contributed by atoms with E-state index >= 15 is 0 Å². The normalized spacial score (nSPS) is 14.8. The minimum atomic E-state index is -3.60. The zero-order valence-corrected chi connectivity index (χ0v) is 18.4. The van der Waals surface area contributed by atoms with Crippen LogP contribution in [-0.2, 0) is 14.8 Å². The SMILES string of the molecule is CCN(CC)S(=O)(=O)c1ccc(N2CCCC2)c(NC(=O)C=Cc2ccsc2)c1. The monoisotopic (exact) mass is 433 g/mol. The minimum absolute atomic E-state index is 0.196. The first-order chi connectivity index (χ1) is 14.0. The molecule has 1 amide bonds. The van der Waals surface area contributed by atoms with Crippen LogP contribution in [0, 0.1) is 0 Å². The first-order valence-corrected chi connectivity index (χ1v) is 12.2. The average Bonchev–Trinajstić information content (AvgIpc) is 3.41. The standard InChI is InChI=1S/C21H27N3O3S2/c1-3-24(4-2)29(26,27)18-8-9-20(23-12-5-6-13-23)19(15-18)22-21(25)10-7-17-11-14-28-16-17/h7-11,14-16H,3-6,12-13H2,1-2H3,(H,22,25). The third kappa shape index (κ3) is 5.07. The van der Waals surface area contributed by atoms with Crippen LogP contribution in [0.4, 0.5) is 11.4 Å². The quantitative estimate of drug-likeness (QED) is 0.638. The van der Waals surface area contributed by atoms with Gasteiger partial charge >= 0.3 is 0 Å². The number of hydrogen-bond acceptors (Lipinski definition) is 5.